The second kappa shape index (κ2) is 4.11. The molecule has 1 aliphatic heterocycles. The van der Waals surface area contributed by atoms with Gasteiger partial charge < -0.3 is 14.6 Å². The highest BCUT2D eigenvalue weighted by molar-refractivity contribution is 7.91. The lowest BCUT2D eigenvalue weighted by molar-refractivity contribution is -0.141. The Morgan fingerprint density at radius 2 is 2.10 bits per heavy atom. The number of nitrogens with zero attached hydrogens (tertiary/aromatic N) is 1. The van der Waals surface area contributed by atoms with Gasteiger partial charge in [-0.15, -0.1) is 0 Å². The minimum absolute atomic E-state index is 0.0568. The van der Waals surface area contributed by atoms with Gasteiger partial charge in [-0.2, -0.15) is 5.26 Å². The summed E-state index contributed by atoms with van der Waals surface area (Å²) in [5.41, 5.74) is -1.50. The first-order chi connectivity index (χ1) is 9.82. The first-order valence-corrected chi connectivity index (χ1v) is 8.01. The number of nitriles is 1. The average Bonchev–Trinajstić information content (AvgIpc) is 2.92. The Balaban J connectivity index is 2.09. The van der Waals surface area contributed by atoms with Crippen molar-refractivity contribution < 1.29 is 27.8 Å². The fraction of sp³-hybridized carbons (Fsp3) is 0.385. The van der Waals surface area contributed by atoms with Crippen molar-refractivity contribution in [2.24, 2.45) is 5.41 Å². The van der Waals surface area contributed by atoms with Gasteiger partial charge in [0.15, 0.2) is 26.8 Å². The summed E-state index contributed by atoms with van der Waals surface area (Å²) in [6, 6.07) is 6.36. The van der Waals surface area contributed by atoms with Crippen LogP contribution in [0.25, 0.3) is 0 Å². The summed E-state index contributed by atoms with van der Waals surface area (Å²) in [5, 5.41) is 17.3. The molecule has 0 amide bonds. The number of hydrogen-bond donors (Lipinski definition) is 1. The number of hydrogen-bond acceptors (Lipinski definition) is 6. The summed E-state index contributed by atoms with van der Waals surface area (Å²) in [6.45, 7) is 0.0568. The van der Waals surface area contributed by atoms with Crippen LogP contribution in [0.4, 0.5) is 0 Å². The number of carboxylic acid groups (broad SMARTS) is 1. The minimum atomic E-state index is -3.68. The average molecular weight is 309 g/mol. The van der Waals surface area contributed by atoms with Crippen LogP contribution in [-0.2, 0) is 14.6 Å². The van der Waals surface area contributed by atoms with Crippen molar-refractivity contribution >= 4 is 15.8 Å². The molecule has 3 atom stereocenters. The highest BCUT2D eigenvalue weighted by Gasteiger charge is 2.76. The summed E-state index contributed by atoms with van der Waals surface area (Å²) >= 11 is 0. The molecule has 1 aromatic carbocycles. The van der Waals surface area contributed by atoms with Crippen molar-refractivity contribution in [3.8, 4) is 17.6 Å². The van der Waals surface area contributed by atoms with E-state index in [1.165, 1.54) is 6.07 Å². The van der Waals surface area contributed by atoms with Crippen LogP contribution < -0.4 is 9.47 Å². The molecule has 1 saturated carbocycles. The zero-order valence-electron chi connectivity index (χ0n) is 10.9. The van der Waals surface area contributed by atoms with E-state index in [2.05, 4.69) is 0 Å². The van der Waals surface area contributed by atoms with Crippen molar-refractivity contribution in [1.29, 1.82) is 5.26 Å². The van der Waals surface area contributed by atoms with Gasteiger partial charge in [-0.1, -0.05) is 6.07 Å². The van der Waals surface area contributed by atoms with Crippen LogP contribution in [0, 0.1) is 16.7 Å². The first-order valence-electron chi connectivity index (χ1n) is 6.05. The van der Waals surface area contributed by atoms with Crippen molar-refractivity contribution in [3.05, 3.63) is 23.8 Å². The lowest BCUT2D eigenvalue weighted by Gasteiger charge is -2.03. The van der Waals surface area contributed by atoms with Crippen LogP contribution in [0.5, 0.6) is 11.5 Å². The van der Waals surface area contributed by atoms with E-state index >= 15 is 0 Å². The number of aliphatic carboxylic acids is 1. The van der Waals surface area contributed by atoms with Crippen LogP contribution >= 0.6 is 0 Å². The standard InChI is InChI=1S/C13H11NO6S/c1-21(17,18)11-10(13(11,5-14)12(15)16)7-2-3-8-9(4-7)20-6-19-8/h2-4,10-11H,6H2,1H3,(H,15,16)/t10-,11+,13-/m0/s1. The number of ether oxygens (including phenoxy) is 2. The quantitative estimate of drug-likeness (QED) is 0.865. The minimum Gasteiger partial charge on any atom is -0.480 e. The molecule has 1 N–H and O–H groups in total. The first kappa shape index (κ1) is 13.7. The van der Waals surface area contributed by atoms with Gasteiger partial charge in [0.25, 0.3) is 0 Å². The molecule has 3 rings (SSSR count). The fourth-order valence-electron chi connectivity index (χ4n) is 2.92. The lowest BCUT2D eigenvalue weighted by atomic mass is 10.0. The van der Waals surface area contributed by atoms with Crippen LogP contribution in [0.15, 0.2) is 18.2 Å². The second-order valence-corrected chi connectivity index (χ2v) is 7.29. The van der Waals surface area contributed by atoms with Gasteiger partial charge in [-0.25, -0.2) is 8.42 Å². The zero-order chi connectivity index (χ0) is 15.4. The Morgan fingerprint density at radius 3 is 2.62 bits per heavy atom. The molecule has 0 radical (unpaired) electrons. The summed E-state index contributed by atoms with van der Waals surface area (Å²) in [6.07, 6.45) is 0.944. The van der Waals surface area contributed by atoms with E-state index in [-0.39, 0.29) is 6.79 Å². The van der Waals surface area contributed by atoms with Gasteiger partial charge in [0.1, 0.15) is 5.25 Å². The number of benzene rings is 1. The third-order valence-corrected chi connectivity index (χ3v) is 5.46. The number of fused-ring (bicyclic) bond motifs is 1. The lowest BCUT2D eigenvalue weighted by Crippen LogP contribution is -2.21. The molecule has 0 aromatic heterocycles. The normalized spacial score (nSPS) is 29.7. The van der Waals surface area contributed by atoms with E-state index in [4.69, 9.17) is 9.47 Å². The number of sulfone groups is 1. The maximum atomic E-state index is 11.8. The molecule has 0 unspecified atom stereocenters. The smallest absolute Gasteiger partial charge is 0.326 e. The Hall–Kier alpha value is -2.27. The molecule has 0 spiro atoms. The van der Waals surface area contributed by atoms with E-state index in [0.717, 1.165) is 6.26 Å². The zero-order valence-corrected chi connectivity index (χ0v) is 11.8. The fourth-order valence-corrected chi connectivity index (χ4v) is 4.68. The predicted octanol–water partition coefficient (Wildman–Crippen LogP) is 0.520. The molecule has 110 valence electrons. The number of carbonyl (C=O) groups is 1. The Kier molecular flexibility index (Phi) is 2.68. The van der Waals surface area contributed by atoms with Gasteiger partial charge in [-0.05, 0) is 17.7 Å². The Bertz CT molecular complexity index is 780. The summed E-state index contributed by atoms with van der Waals surface area (Å²) < 4.78 is 34.0. The van der Waals surface area contributed by atoms with E-state index in [0.29, 0.717) is 17.1 Å². The Labute approximate surface area is 120 Å². The van der Waals surface area contributed by atoms with Crippen LogP contribution in [-0.4, -0.2) is 37.8 Å². The second-order valence-electron chi connectivity index (χ2n) is 5.13. The molecular formula is C13H11NO6S. The summed E-state index contributed by atoms with van der Waals surface area (Å²) in [4.78, 5) is 11.4. The molecule has 1 heterocycles. The third kappa shape index (κ3) is 1.77. The highest BCUT2D eigenvalue weighted by atomic mass is 32.2. The molecule has 1 aromatic rings. The van der Waals surface area contributed by atoms with Crippen molar-refractivity contribution in [3.63, 3.8) is 0 Å². The molecule has 0 bridgehead atoms. The molecule has 1 fully saturated rings. The number of carboxylic acids is 1. The predicted molar refractivity (Wildman–Crippen MR) is 69.6 cm³/mol. The third-order valence-electron chi connectivity index (χ3n) is 3.89. The van der Waals surface area contributed by atoms with Gasteiger partial charge in [0, 0.05) is 12.2 Å². The van der Waals surface area contributed by atoms with Crippen LogP contribution in [0.3, 0.4) is 0 Å². The SMILES string of the molecule is CS(=O)(=O)[C@@H]1[C@H](c2ccc3c(c2)OCO3)[C@]1(C#N)C(=O)O. The molecule has 7 nitrogen and oxygen atoms in total. The monoisotopic (exact) mass is 309 g/mol. The topological polar surface area (TPSA) is 114 Å². The maximum absolute atomic E-state index is 11.8. The van der Waals surface area contributed by atoms with E-state index in [1.807, 2.05) is 0 Å². The van der Waals surface area contributed by atoms with Crippen molar-refractivity contribution in [2.75, 3.05) is 13.0 Å². The summed E-state index contributed by atoms with van der Waals surface area (Å²) in [5.74, 6) is -1.41. The van der Waals surface area contributed by atoms with Crippen LogP contribution in [0.2, 0.25) is 0 Å². The molecule has 8 heteroatoms. The van der Waals surface area contributed by atoms with E-state index in [9.17, 15) is 23.6 Å². The van der Waals surface area contributed by atoms with Gasteiger partial charge in [0.05, 0.1) is 6.07 Å². The largest absolute Gasteiger partial charge is 0.480 e. The molecule has 21 heavy (non-hydrogen) atoms. The van der Waals surface area contributed by atoms with Gasteiger partial charge >= 0.3 is 5.97 Å². The molecule has 0 saturated heterocycles. The maximum Gasteiger partial charge on any atom is 0.326 e. The van der Waals surface area contributed by atoms with Crippen molar-refractivity contribution in [1.82, 2.24) is 0 Å². The Morgan fingerprint density at radius 1 is 1.43 bits per heavy atom. The molecule has 2 aliphatic rings. The van der Waals surface area contributed by atoms with E-state index < -0.39 is 32.4 Å². The highest BCUT2D eigenvalue weighted by Crippen LogP contribution is 2.63. The molecule has 1 aliphatic carbocycles. The van der Waals surface area contributed by atoms with Crippen LogP contribution in [0.1, 0.15) is 11.5 Å². The number of rotatable bonds is 3. The van der Waals surface area contributed by atoms with Crippen molar-refractivity contribution in [2.45, 2.75) is 11.2 Å². The van der Waals surface area contributed by atoms with Gasteiger partial charge in [0.2, 0.25) is 6.79 Å². The van der Waals surface area contributed by atoms with E-state index in [1.54, 1.807) is 18.2 Å². The molecular weight excluding hydrogens is 298 g/mol. The van der Waals surface area contributed by atoms with Gasteiger partial charge in [-0.3, -0.25) is 4.79 Å². The summed E-state index contributed by atoms with van der Waals surface area (Å²) in [7, 11) is -3.68.